The van der Waals surface area contributed by atoms with Crippen molar-refractivity contribution in [2.45, 2.75) is 69.9 Å². The van der Waals surface area contributed by atoms with Gasteiger partial charge < -0.3 is 4.74 Å². The number of hydrogen-bond acceptors (Lipinski definition) is 3. The Kier molecular flexibility index (Phi) is 4.45. The van der Waals surface area contributed by atoms with Gasteiger partial charge in [0.15, 0.2) is 0 Å². The molecule has 2 aliphatic rings. The zero-order valence-electron chi connectivity index (χ0n) is 11.4. The molecule has 0 aromatic carbocycles. The van der Waals surface area contributed by atoms with Crippen LogP contribution in [0.1, 0.15) is 58.3 Å². The SMILES string of the molecule is COC1(CC(NN)C2CCC(C)CC2)CCC1. The van der Waals surface area contributed by atoms with E-state index in [9.17, 15) is 0 Å². The highest BCUT2D eigenvalue weighted by Crippen LogP contribution is 2.41. The van der Waals surface area contributed by atoms with Crippen molar-refractivity contribution >= 4 is 0 Å². The summed E-state index contributed by atoms with van der Waals surface area (Å²) in [5, 5.41) is 0. The molecule has 0 aliphatic heterocycles. The van der Waals surface area contributed by atoms with E-state index >= 15 is 0 Å². The smallest absolute Gasteiger partial charge is 0.0694 e. The van der Waals surface area contributed by atoms with E-state index < -0.39 is 0 Å². The van der Waals surface area contributed by atoms with Crippen molar-refractivity contribution in [2.75, 3.05) is 7.11 Å². The van der Waals surface area contributed by atoms with Crippen molar-refractivity contribution in [3.8, 4) is 0 Å². The number of nitrogens with two attached hydrogens (primary N) is 1. The van der Waals surface area contributed by atoms with Gasteiger partial charge in [-0.05, 0) is 50.4 Å². The first-order valence-electron chi connectivity index (χ1n) is 7.20. The summed E-state index contributed by atoms with van der Waals surface area (Å²) in [6, 6.07) is 0.447. The van der Waals surface area contributed by atoms with Gasteiger partial charge in [-0.1, -0.05) is 19.8 Å². The standard InChI is InChI=1S/C14H28N2O/c1-11-4-6-12(7-5-11)13(16-15)10-14(17-2)8-3-9-14/h11-13,16H,3-10,15H2,1-2H3. The van der Waals surface area contributed by atoms with E-state index in [2.05, 4.69) is 12.3 Å². The maximum atomic E-state index is 5.77. The van der Waals surface area contributed by atoms with Gasteiger partial charge in [0, 0.05) is 13.2 Å². The van der Waals surface area contributed by atoms with E-state index in [1.54, 1.807) is 0 Å². The summed E-state index contributed by atoms with van der Waals surface area (Å²) in [7, 11) is 1.86. The lowest BCUT2D eigenvalue weighted by Crippen LogP contribution is -2.51. The van der Waals surface area contributed by atoms with Crippen molar-refractivity contribution in [1.29, 1.82) is 0 Å². The minimum atomic E-state index is 0.139. The van der Waals surface area contributed by atoms with Crippen LogP contribution in [-0.4, -0.2) is 18.8 Å². The molecule has 2 rings (SSSR count). The van der Waals surface area contributed by atoms with E-state index in [1.807, 2.05) is 7.11 Å². The highest BCUT2D eigenvalue weighted by Gasteiger charge is 2.40. The fraction of sp³-hybridized carbons (Fsp3) is 1.00. The molecule has 3 nitrogen and oxygen atoms in total. The van der Waals surface area contributed by atoms with Crippen molar-refractivity contribution in [2.24, 2.45) is 17.7 Å². The van der Waals surface area contributed by atoms with Crippen LogP contribution in [0.2, 0.25) is 0 Å². The predicted octanol–water partition coefficient (Wildman–Crippen LogP) is 2.60. The van der Waals surface area contributed by atoms with Gasteiger partial charge in [-0.25, -0.2) is 0 Å². The van der Waals surface area contributed by atoms with Crippen molar-refractivity contribution in [1.82, 2.24) is 5.43 Å². The minimum Gasteiger partial charge on any atom is -0.378 e. The Balaban J connectivity index is 1.87. The lowest BCUT2D eigenvalue weighted by molar-refractivity contribution is -0.0882. The third-order valence-corrected chi connectivity index (χ3v) is 5.13. The highest BCUT2D eigenvalue weighted by atomic mass is 16.5. The van der Waals surface area contributed by atoms with Crippen LogP contribution in [0.4, 0.5) is 0 Å². The van der Waals surface area contributed by atoms with Crippen LogP contribution in [0.5, 0.6) is 0 Å². The van der Waals surface area contributed by atoms with Gasteiger partial charge in [0.2, 0.25) is 0 Å². The molecule has 17 heavy (non-hydrogen) atoms. The Morgan fingerprint density at radius 2 is 1.94 bits per heavy atom. The molecule has 2 saturated carbocycles. The Hall–Kier alpha value is -0.120. The Morgan fingerprint density at radius 1 is 1.29 bits per heavy atom. The van der Waals surface area contributed by atoms with Gasteiger partial charge in [-0.2, -0.15) is 0 Å². The first-order chi connectivity index (χ1) is 8.19. The summed E-state index contributed by atoms with van der Waals surface area (Å²) < 4.78 is 5.72. The number of rotatable bonds is 5. The molecule has 0 aromatic heterocycles. The molecule has 1 unspecified atom stereocenters. The molecule has 0 spiro atoms. The monoisotopic (exact) mass is 240 g/mol. The molecule has 0 saturated heterocycles. The molecule has 0 aromatic rings. The lowest BCUT2D eigenvalue weighted by atomic mass is 9.71. The van der Waals surface area contributed by atoms with E-state index in [-0.39, 0.29) is 5.60 Å². The number of ether oxygens (including phenoxy) is 1. The zero-order valence-corrected chi connectivity index (χ0v) is 11.4. The van der Waals surface area contributed by atoms with Gasteiger partial charge in [-0.3, -0.25) is 11.3 Å². The van der Waals surface area contributed by atoms with Crippen LogP contribution in [0.25, 0.3) is 0 Å². The third-order valence-electron chi connectivity index (χ3n) is 5.13. The second-order valence-corrected chi connectivity index (χ2v) is 6.24. The number of nitrogens with one attached hydrogen (secondary N) is 1. The molecule has 100 valence electrons. The van der Waals surface area contributed by atoms with Gasteiger partial charge >= 0.3 is 0 Å². The van der Waals surface area contributed by atoms with Crippen LogP contribution in [0.15, 0.2) is 0 Å². The molecule has 0 heterocycles. The van der Waals surface area contributed by atoms with Crippen molar-refractivity contribution < 1.29 is 4.74 Å². The fourth-order valence-electron chi connectivity index (χ4n) is 3.51. The van der Waals surface area contributed by atoms with Gasteiger partial charge in [-0.15, -0.1) is 0 Å². The summed E-state index contributed by atoms with van der Waals surface area (Å²) in [5.41, 5.74) is 3.20. The average Bonchev–Trinajstić information content (AvgIpc) is 2.30. The van der Waals surface area contributed by atoms with Crippen LogP contribution < -0.4 is 11.3 Å². The van der Waals surface area contributed by atoms with Gasteiger partial charge in [0.05, 0.1) is 5.60 Å². The molecule has 0 amide bonds. The number of hydrazine groups is 1. The van der Waals surface area contributed by atoms with E-state index in [1.165, 1.54) is 44.9 Å². The zero-order chi connectivity index (χ0) is 12.3. The van der Waals surface area contributed by atoms with Crippen molar-refractivity contribution in [3.63, 3.8) is 0 Å². The molecule has 2 aliphatic carbocycles. The van der Waals surface area contributed by atoms with E-state index in [4.69, 9.17) is 10.6 Å². The molecule has 3 N–H and O–H groups in total. The summed E-state index contributed by atoms with van der Waals surface area (Å²) in [6.45, 7) is 2.36. The van der Waals surface area contributed by atoms with E-state index in [0.29, 0.717) is 6.04 Å². The molecular formula is C14H28N2O. The molecule has 0 radical (unpaired) electrons. The first-order valence-corrected chi connectivity index (χ1v) is 7.20. The Morgan fingerprint density at radius 3 is 2.35 bits per heavy atom. The summed E-state index contributed by atoms with van der Waals surface area (Å²) in [5.74, 6) is 7.43. The summed E-state index contributed by atoms with van der Waals surface area (Å²) in [4.78, 5) is 0. The third kappa shape index (κ3) is 3.01. The normalized spacial score (nSPS) is 34.1. The number of methoxy groups -OCH3 is 1. The van der Waals surface area contributed by atoms with E-state index in [0.717, 1.165) is 18.3 Å². The number of hydrogen-bond donors (Lipinski definition) is 2. The lowest BCUT2D eigenvalue weighted by Gasteiger charge is -2.45. The largest absolute Gasteiger partial charge is 0.378 e. The van der Waals surface area contributed by atoms with Crippen LogP contribution in [0.3, 0.4) is 0 Å². The van der Waals surface area contributed by atoms with Gasteiger partial charge in [0.25, 0.3) is 0 Å². The maximum Gasteiger partial charge on any atom is 0.0694 e. The summed E-state index contributed by atoms with van der Waals surface area (Å²) >= 11 is 0. The first kappa shape index (κ1) is 13.3. The quantitative estimate of drug-likeness (QED) is 0.573. The van der Waals surface area contributed by atoms with Crippen LogP contribution in [0, 0.1) is 11.8 Å². The molecule has 0 bridgehead atoms. The van der Waals surface area contributed by atoms with Crippen LogP contribution in [-0.2, 0) is 4.74 Å². The molecule has 2 fully saturated rings. The van der Waals surface area contributed by atoms with Crippen molar-refractivity contribution in [3.05, 3.63) is 0 Å². The highest BCUT2D eigenvalue weighted by molar-refractivity contribution is 4.95. The molecule has 3 heteroatoms. The fourth-order valence-corrected chi connectivity index (χ4v) is 3.51. The minimum absolute atomic E-state index is 0.139. The van der Waals surface area contributed by atoms with Crippen LogP contribution >= 0.6 is 0 Å². The average molecular weight is 240 g/mol. The molecular weight excluding hydrogens is 212 g/mol. The summed E-state index contributed by atoms with van der Waals surface area (Å²) in [6.07, 6.45) is 10.2. The predicted molar refractivity (Wildman–Crippen MR) is 70.4 cm³/mol. The van der Waals surface area contributed by atoms with Gasteiger partial charge in [0.1, 0.15) is 0 Å². The second kappa shape index (κ2) is 5.68. The Bertz CT molecular complexity index is 227. The maximum absolute atomic E-state index is 5.77. The Labute approximate surface area is 105 Å². The second-order valence-electron chi connectivity index (χ2n) is 6.24. The topological polar surface area (TPSA) is 47.3 Å². The molecule has 1 atom stereocenters.